The van der Waals surface area contributed by atoms with Crippen molar-refractivity contribution < 1.29 is 24.1 Å². The Morgan fingerprint density at radius 3 is 2.83 bits per heavy atom. The van der Waals surface area contributed by atoms with Gasteiger partial charge in [-0.25, -0.2) is 4.79 Å². The molecule has 1 heterocycles. The Bertz CT molecular complexity index is 391. The van der Waals surface area contributed by atoms with Gasteiger partial charge in [0.1, 0.15) is 0 Å². The van der Waals surface area contributed by atoms with Crippen LogP contribution in [-0.4, -0.2) is 42.3 Å². The van der Waals surface area contributed by atoms with Crippen LogP contribution in [0.4, 0.5) is 0 Å². The van der Waals surface area contributed by atoms with Gasteiger partial charge in [-0.05, 0) is 51.4 Å². The van der Waals surface area contributed by atoms with E-state index in [9.17, 15) is 9.90 Å². The molecule has 1 saturated heterocycles. The third kappa shape index (κ3) is 5.59. The van der Waals surface area contributed by atoms with E-state index in [0.717, 1.165) is 45.1 Å². The summed E-state index contributed by atoms with van der Waals surface area (Å²) < 4.78 is 17.5. The molecule has 4 atom stereocenters. The first-order valence-electron chi connectivity index (χ1n) is 8.79. The molecule has 0 aromatic carbocycles. The fraction of sp³-hybridized carbons (Fsp3) is 0.833. The molecule has 1 aliphatic carbocycles. The summed E-state index contributed by atoms with van der Waals surface area (Å²) in [7, 11) is 0. The number of hydrogen-bond donors (Lipinski definition) is 1. The Labute approximate surface area is 139 Å². The average Bonchev–Trinajstić information content (AvgIpc) is 2.54. The van der Waals surface area contributed by atoms with Gasteiger partial charge in [0.2, 0.25) is 0 Å². The minimum Gasteiger partial charge on any atom is -0.479 e. The van der Waals surface area contributed by atoms with E-state index >= 15 is 0 Å². The molecule has 1 N–H and O–H groups in total. The molecule has 5 nitrogen and oxygen atoms in total. The van der Waals surface area contributed by atoms with E-state index in [2.05, 4.69) is 6.58 Å². The second-order valence-corrected chi connectivity index (χ2v) is 6.93. The summed E-state index contributed by atoms with van der Waals surface area (Å²) >= 11 is 0. The Hall–Kier alpha value is -0.910. The third-order valence-electron chi connectivity index (χ3n) is 4.84. The van der Waals surface area contributed by atoms with Gasteiger partial charge >= 0.3 is 5.97 Å². The lowest BCUT2D eigenvalue weighted by Gasteiger charge is -2.34. The van der Waals surface area contributed by atoms with Gasteiger partial charge in [-0.1, -0.05) is 12.5 Å². The van der Waals surface area contributed by atoms with Crippen LogP contribution in [0.1, 0.15) is 58.3 Å². The van der Waals surface area contributed by atoms with Gasteiger partial charge in [0.25, 0.3) is 0 Å². The van der Waals surface area contributed by atoms with Crippen molar-refractivity contribution in [1.29, 1.82) is 0 Å². The normalized spacial score (nSPS) is 31.3. The van der Waals surface area contributed by atoms with E-state index in [1.807, 2.05) is 0 Å². The number of carboxylic acid groups (broad SMARTS) is 1. The van der Waals surface area contributed by atoms with Crippen molar-refractivity contribution in [2.45, 2.75) is 76.3 Å². The summed E-state index contributed by atoms with van der Waals surface area (Å²) in [5.74, 6) is -0.586. The number of rotatable bonds is 8. The molecule has 2 unspecified atom stereocenters. The SMILES string of the molecule is C=CCC(C)(OC[C@@H]1CCC[C@H](OC2CCCCO2)C1)C(=O)O. The van der Waals surface area contributed by atoms with E-state index in [-0.39, 0.29) is 12.4 Å². The second-order valence-electron chi connectivity index (χ2n) is 6.93. The van der Waals surface area contributed by atoms with Crippen molar-refractivity contribution in [2.75, 3.05) is 13.2 Å². The first-order chi connectivity index (χ1) is 11.0. The minimum absolute atomic E-state index is 0.0570. The van der Waals surface area contributed by atoms with Crippen molar-refractivity contribution in [3.8, 4) is 0 Å². The number of carbonyl (C=O) groups is 1. The number of carboxylic acids is 1. The van der Waals surface area contributed by atoms with Gasteiger partial charge in [-0.2, -0.15) is 0 Å². The molecule has 0 amide bonds. The molecule has 1 aliphatic heterocycles. The lowest BCUT2D eigenvalue weighted by Crippen LogP contribution is -2.40. The van der Waals surface area contributed by atoms with Crippen LogP contribution in [0.25, 0.3) is 0 Å². The predicted molar refractivity (Wildman–Crippen MR) is 87.2 cm³/mol. The zero-order chi connectivity index (χ0) is 16.7. The molecule has 0 radical (unpaired) electrons. The van der Waals surface area contributed by atoms with E-state index in [1.165, 1.54) is 6.42 Å². The Balaban J connectivity index is 1.78. The second kappa shape index (κ2) is 8.81. The molecule has 2 aliphatic rings. The van der Waals surface area contributed by atoms with Crippen LogP contribution in [0.2, 0.25) is 0 Å². The van der Waals surface area contributed by atoms with E-state index in [0.29, 0.717) is 18.9 Å². The van der Waals surface area contributed by atoms with Crippen LogP contribution in [0.5, 0.6) is 0 Å². The van der Waals surface area contributed by atoms with E-state index < -0.39 is 11.6 Å². The summed E-state index contributed by atoms with van der Waals surface area (Å²) in [5, 5.41) is 9.35. The smallest absolute Gasteiger partial charge is 0.335 e. The largest absolute Gasteiger partial charge is 0.479 e. The minimum atomic E-state index is -1.18. The zero-order valence-electron chi connectivity index (χ0n) is 14.2. The van der Waals surface area contributed by atoms with Gasteiger partial charge < -0.3 is 19.3 Å². The molecule has 0 aromatic rings. The van der Waals surface area contributed by atoms with Crippen molar-refractivity contribution in [3.05, 3.63) is 12.7 Å². The number of ether oxygens (including phenoxy) is 3. The Kier molecular flexibility index (Phi) is 7.06. The zero-order valence-corrected chi connectivity index (χ0v) is 14.2. The molecular formula is C18H30O5. The third-order valence-corrected chi connectivity index (χ3v) is 4.84. The molecule has 0 spiro atoms. The fourth-order valence-corrected chi connectivity index (χ4v) is 3.33. The summed E-state index contributed by atoms with van der Waals surface area (Å²) in [6.07, 6.45) is 9.46. The van der Waals surface area contributed by atoms with Gasteiger partial charge in [-0.3, -0.25) is 0 Å². The van der Waals surface area contributed by atoms with Gasteiger partial charge in [0, 0.05) is 13.0 Å². The van der Waals surface area contributed by atoms with Gasteiger partial charge in [0.05, 0.1) is 12.7 Å². The summed E-state index contributed by atoms with van der Waals surface area (Å²) in [6.45, 7) is 6.49. The lowest BCUT2D eigenvalue weighted by atomic mass is 9.87. The Morgan fingerprint density at radius 2 is 2.17 bits per heavy atom. The first kappa shape index (κ1) is 18.4. The van der Waals surface area contributed by atoms with Gasteiger partial charge in [-0.15, -0.1) is 6.58 Å². The van der Waals surface area contributed by atoms with Crippen molar-refractivity contribution in [2.24, 2.45) is 5.92 Å². The highest BCUT2D eigenvalue weighted by Crippen LogP contribution is 2.30. The molecule has 0 aromatic heterocycles. The topological polar surface area (TPSA) is 65.0 Å². The maximum absolute atomic E-state index is 11.4. The fourth-order valence-electron chi connectivity index (χ4n) is 3.33. The van der Waals surface area contributed by atoms with Crippen LogP contribution in [0, 0.1) is 5.92 Å². The molecule has 1 saturated carbocycles. The Morgan fingerprint density at radius 1 is 1.35 bits per heavy atom. The lowest BCUT2D eigenvalue weighted by molar-refractivity contribution is -0.198. The van der Waals surface area contributed by atoms with Crippen molar-refractivity contribution in [3.63, 3.8) is 0 Å². The maximum atomic E-state index is 11.4. The van der Waals surface area contributed by atoms with Crippen LogP contribution >= 0.6 is 0 Å². The first-order valence-corrected chi connectivity index (χ1v) is 8.79. The number of aliphatic carboxylic acids is 1. The summed E-state index contributed by atoms with van der Waals surface area (Å²) in [5.41, 5.74) is -1.18. The number of hydrogen-bond acceptors (Lipinski definition) is 4. The summed E-state index contributed by atoms with van der Waals surface area (Å²) in [4.78, 5) is 11.4. The maximum Gasteiger partial charge on any atom is 0.335 e. The monoisotopic (exact) mass is 326 g/mol. The molecule has 2 fully saturated rings. The molecule has 0 bridgehead atoms. The summed E-state index contributed by atoms with van der Waals surface area (Å²) in [6, 6.07) is 0. The van der Waals surface area contributed by atoms with Crippen LogP contribution in [0.15, 0.2) is 12.7 Å². The molecule has 23 heavy (non-hydrogen) atoms. The highest BCUT2D eigenvalue weighted by atomic mass is 16.7. The quantitative estimate of drug-likeness (QED) is 0.691. The molecule has 132 valence electrons. The molecule has 2 rings (SSSR count). The molecule has 5 heteroatoms. The van der Waals surface area contributed by atoms with E-state index in [4.69, 9.17) is 14.2 Å². The van der Waals surface area contributed by atoms with Crippen LogP contribution in [-0.2, 0) is 19.0 Å². The average molecular weight is 326 g/mol. The van der Waals surface area contributed by atoms with Crippen molar-refractivity contribution in [1.82, 2.24) is 0 Å². The molecular weight excluding hydrogens is 296 g/mol. The van der Waals surface area contributed by atoms with Crippen LogP contribution < -0.4 is 0 Å². The van der Waals surface area contributed by atoms with Crippen LogP contribution in [0.3, 0.4) is 0 Å². The van der Waals surface area contributed by atoms with Crippen molar-refractivity contribution >= 4 is 5.97 Å². The van der Waals surface area contributed by atoms with Gasteiger partial charge in [0.15, 0.2) is 11.9 Å². The standard InChI is InChI=1S/C18H30O5/c1-3-10-18(2,17(19)20)22-13-14-7-6-8-15(12-14)23-16-9-4-5-11-21-16/h3,14-16H,1,4-13H2,2H3,(H,19,20)/t14-,15+,16?,18?/m1/s1. The van der Waals surface area contributed by atoms with E-state index in [1.54, 1.807) is 13.0 Å². The predicted octanol–water partition coefficient (Wildman–Crippen LogP) is 3.52. The highest BCUT2D eigenvalue weighted by Gasteiger charge is 2.35. The highest BCUT2D eigenvalue weighted by molar-refractivity contribution is 5.77.